The minimum Gasteiger partial charge on any atom is -0.395 e. The second-order valence-electron chi connectivity index (χ2n) is 9.12. The average Bonchev–Trinajstić information content (AvgIpc) is 2.85. The van der Waals surface area contributed by atoms with E-state index in [4.69, 9.17) is 0 Å². The summed E-state index contributed by atoms with van der Waals surface area (Å²) in [6.45, 7) is 4.03. The summed E-state index contributed by atoms with van der Waals surface area (Å²) in [6, 6.07) is 15.3. The Balaban J connectivity index is 1.33. The Hall–Kier alpha value is -3.11. The lowest BCUT2D eigenvalue weighted by atomic mass is 9.74. The Morgan fingerprint density at radius 2 is 1.74 bits per heavy atom. The molecule has 0 unspecified atom stereocenters. The highest BCUT2D eigenvalue weighted by atomic mass is 19.1. The summed E-state index contributed by atoms with van der Waals surface area (Å²) in [5, 5.41) is 10.2. The van der Waals surface area contributed by atoms with E-state index >= 15 is 0 Å². The molecule has 174 valence electrons. The van der Waals surface area contributed by atoms with Crippen LogP contribution in [0.5, 0.6) is 0 Å². The van der Waals surface area contributed by atoms with Crippen LogP contribution in [0.25, 0.3) is 0 Å². The third kappa shape index (κ3) is 4.88. The first kappa shape index (κ1) is 22.7. The van der Waals surface area contributed by atoms with Crippen molar-refractivity contribution in [3.8, 4) is 11.8 Å². The number of hydrogen-bond donors (Lipinski definition) is 1. The second kappa shape index (κ2) is 10.4. The van der Waals surface area contributed by atoms with Crippen molar-refractivity contribution in [1.82, 2.24) is 19.8 Å². The van der Waals surface area contributed by atoms with Gasteiger partial charge in [0.2, 0.25) is 0 Å². The number of hydrogen-bond acceptors (Lipinski definition) is 5. The third-order valence-corrected chi connectivity index (χ3v) is 6.99. The summed E-state index contributed by atoms with van der Waals surface area (Å²) in [7, 11) is 0. The van der Waals surface area contributed by atoms with Crippen molar-refractivity contribution in [2.45, 2.75) is 37.4 Å². The van der Waals surface area contributed by atoms with Crippen LogP contribution in [0.15, 0.2) is 67.3 Å². The molecule has 2 aliphatic heterocycles. The summed E-state index contributed by atoms with van der Waals surface area (Å²) in [5.41, 5.74) is 3.61. The van der Waals surface area contributed by atoms with Gasteiger partial charge < -0.3 is 5.11 Å². The maximum atomic E-state index is 13.8. The normalized spacial score (nSPS) is 23.1. The van der Waals surface area contributed by atoms with Crippen molar-refractivity contribution in [2.75, 3.05) is 26.2 Å². The van der Waals surface area contributed by atoms with Gasteiger partial charge in [-0.3, -0.25) is 9.80 Å². The molecule has 3 aromatic rings. The maximum Gasteiger partial charge on any atom is 0.138 e. The minimum atomic E-state index is -0.303. The SMILES string of the molecule is OC[C@H]1[C@H](c2ccc(C#Cc3ccccc3F)cc2)[C@@H]2CN(Cc3cncnc3)CCCCN12. The van der Waals surface area contributed by atoms with E-state index < -0.39 is 0 Å². The van der Waals surface area contributed by atoms with Crippen LogP contribution in [0.4, 0.5) is 4.39 Å². The first-order valence-corrected chi connectivity index (χ1v) is 11.9. The van der Waals surface area contributed by atoms with Crippen LogP contribution in [0.1, 0.15) is 41.0 Å². The number of halogens is 1. The summed E-state index contributed by atoms with van der Waals surface area (Å²) in [6.07, 6.45) is 7.62. The largest absolute Gasteiger partial charge is 0.395 e. The predicted octanol–water partition coefficient (Wildman–Crippen LogP) is 3.44. The molecule has 0 amide bonds. The fraction of sp³-hybridized carbons (Fsp3) is 0.357. The number of aliphatic hydroxyl groups is 1. The quantitative estimate of drug-likeness (QED) is 0.610. The molecule has 2 aliphatic rings. The molecule has 34 heavy (non-hydrogen) atoms. The fourth-order valence-corrected chi connectivity index (χ4v) is 5.32. The van der Waals surface area contributed by atoms with Gasteiger partial charge in [0.25, 0.3) is 0 Å². The van der Waals surface area contributed by atoms with Crippen LogP contribution in [0.3, 0.4) is 0 Å². The maximum absolute atomic E-state index is 13.8. The summed E-state index contributed by atoms with van der Waals surface area (Å²) < 4.78 is 13.8. The molecule has 6 heteroatoms. The zero-order valence-electron chi connectivity index (χ0n) is 19.1. The predicted molar refractivity (Wildman–Crippen MR) is 129 cm³/mol. The zero-order valence-corrected chi connectivity index (χ0v) is 19.1. The lowest BCUT2D eigenvalue weighted by Crippen LogP contribution is -2.67. The summed E-state index contributed by atoms with van der Waals surface area (Å²) in [5.74, 6) is 5.96. The molecule has 1 aromatic heterocycles. The lowest BCUT2D eigenvalue weighted by Gasteiger charge is -2.57. The van der Waals surface area contributed by atoms with Crippen LogP contribution in [0.2, 0.25) is 0 Å². The van der Waals surface area contributed by atoms with Crippen LogP contribution in [0, 0.1) is 17.7 Å². The fourth-order valence-electron chi connectivity index (χ4n) is 5.32. The van der Waals surface area contributed by atoms with Crippen molar-refractivity contribution >= 4 is 0 Å². The van der Waals surface area contributed by atoms with E-state index in [1.54, 1.807) is 24.5 Å². The molecule has 0 radical (unpaired) electrons. The first-order chi connectivity index (χ1) is 16.7. The molecule has 2 fully saturated rings. The number of fused-ring (bicyclic) bond motifs is 1. The molecule has 1 N–H and O–H groups in total. The van der Waals surface area contributed by atoms with Gasteiger partial charge in [0.1, 0.15) is 12.1 Å². The molecular formula is C28H29FN4O. The molecule has 0 spiro atoms. The molecule has 2 saturated heterocycles. The Bertz CT molecular complexity index is 1160. The topological polar surface area (TPSA) is 52.5 Å². The molecule has 3 heterocycles. The van der Waals surface area contributed by atoms with Crippen molar-refractivity contribution < 1.29 is 9.50 Å². The average molecular weight is 457 g/mol. The van der Waals surface area contributed by atoms with Crippen LogP contribution in [-0.4, -0.2) is 63.2 Å². The van der Waals surface area contributed by atoms with Crippen molar-refractivity contribution in [3.63, 3.8) is 0 Å². The monoisotopic (exact) mass is 456 g/mol. The number of nitrogens with zero attached hydrogens (tertiary/aromatic N) is 4. The van der Waals surface area contributed by atoms with Gasteiger partial charge in [-0.2, -0.15) is 0 Å². The molecule has 5 nitrogen and oxygen atoms in total. The van der Waals surface area contributed by atoms with E-state index in [0.717, 1.165) is 50.1 Å². The van der Waals surface area contributed by atoms with E-state index in [1.165, 1.54) is 11.6 Å². The van der Waals surface area contributed by atoms with E-state index in [9.17, 15) is 9.50 Å². The lowest BCUT2D eigenvalue weighted by molar-refractivity contribution is -0.0655. The van der Waals surface area contributed by atoms with Crippen LogP contribution in [-0.2, 0) is 6.54 Å². The van der Waals surface area contributed by atoms with Gasteiger partial charge in [-0.1, -0.05) is 36.1 Å². The Morgan fingerprint density at radius 1 is 0.971 bits per heavy atom. The highest BCUT2D eigenvalue weighted by molar-refractivity contribution is 5.44. The molecule has 0 bridgehead atoms. The van der Waals surface area contributed by atoms with Crippen LogP contribution >= 0.6 is 0 Å². The van der Waals surface area contributed by atoms with Gasteiger partial charge in [0.15, 0.2) is 0 Å². The Morgan fingerprint density at radius 3 is 2.50 bits per heavy atom. The highest BCUT2D eigenvalue weighted by Crippen LogP contribution is 2.42. The van der Waals surface area contributed by atoms with Gasteiger partial charge in [-0.25, -0.2) is 14.4 Å². The van der Waals surface area contributed by atoms with Gasteiger partial charge in [0.05, 0.1) is 12.2 Å². The molecule has 3 atom stereocenters. The van der Waals surface area contributed by atoms with Crippen molar-refractivity contribution in [2.24, 2.45) is 0 Å². The second-order valence-corrected chi connectivity index (χ2v) is 9.12. The Labute approximate surface area is 200 Å². The van der Waals surface area contributed by atoms with Crippen molar-refractivity contribution in [3.05, 3.63) is 95.3 Å². The van der Waals surface area contributed by atoms with Crippen molar-refractivity contribution in [1.29, 1.82) is 0 Å². The number of aromatic nitrogens is 2. The number of aliphatic hydroxyl groups excluding tert-OH is 1. The van der Waals surface area contributed by atoms with E-state index in [2.05, 4.69) is 43.7 Å². The zero-order chi connectivity index (χ0) is 23.3. The van der Waals surface area contributed by atoms with E-state index in [0.29, 0.717) is 11.6 Å². The third-order valence-electron chi connectivity index (χ3n) is 6.99. The van der Waals surface area contributed by atoms with Crippen LogP contribution < -0.4 is 0 Å². The molecule has 0 aliphatic carbocycles. The summed E-state index contributed by atoms with van der Waals surface area (Å²) in [4.78, 5) is 13.3. The molecular weight excluding hydrogens is 427 g/mol. The van der Waals surface area contributed by atoms with E-state index in [1.807, 2.05) is 24.5 Å². The first-order valence-electron chi connectivity index (χ1n) is 11.9. The molecule has 2 aromatic carbocycles. The highest BCUT2D eigenvalue weighted by Gasteiger charge is 2.48. The molecule has 0 saturated carbocycles. The number of rotatable bonds is 4. The van der Waals surface area contributed by atoms with Gasteiger partial charge in [-0.05, 0) is 55.8 Å². The van der Waals surface area contributed by atoms with E-state index in [-0.39, 0.29) is 24.4 Å². The molecule has 5 rings (SSSR count). The number of benzene rings is 2. The smallest absolute Gasteiger partial charge is 0.138 e. The van der Waals surface area contributed by atoms with Gasteiger partial charge in [0, 0.05) is 54.6 Å². The summed E-state index contributed by atoms with van der Waals surface area (Å²) >= 11 is 0. The minimum absolute atomic E-state index is 0.139. The van der Waals surface area contributed by atoms with Gasteiger partial charge >= 0.3 is 0 Å². The van der Waals surface area contributed by atoms with Gasteiger partial charge in [-0.15, -0.1) is 0 Å². The standard InChI is InChI=1S/C28H29FN4O/c29-25-6-2-1-5-23(25)10-7-21-8-11-24(12-9-21)28-26-18-32(17-22-15-30-20-31-16-22)13-3-4-14-33(26)27(28)19-34/h1-2,5-6,8-9,11-12,15-16,20,26-28,34H,3-4,13-14,17-19H2/t26-,27-,28+/m0/s1. The Kier molecular flexibility index (Phi) is 6.96.